The van der Waals surface area contributed by atoms with E-state index in [1.807, 2.05) is 0 Å². The molecule has 1 aliphatic rings. The van der Waals surface area contributed by atoms with Gasteiger partial charge in [-0.3, -0.25) is 0 Å². The molecule has 0 bridgehead atoms. The lowest BCUT2D eigenvalue weighted by Crippen LogP contribution is -2.28. The summed E-state index contributed by atoms with van der Waals surface area (Å²) in [7, 11) is 0. The van der Waals surface area contributed by atoms with Gasteiger partial charge in [0.15, 0.2) is 0 Å². The van der Waals surface area contributed by atoms with Crippen LogP contribution in [0.2, 0.25) is 0 Å². The smallest absolute Gasteiger partial charge is 0.0465 e. The molecule has 0 radical (unpaired) electrons. The first-order chi connectivity index (χ1) is 28.6. The van der Waals surface area contributed by atoms with Crippen LogP contribution in [0.1, 0.15) is 178 Å². The minimum Gasteiger partial charge on any atom is -0.355 e. The number of aryl methyl sites for hydroxylation is 8. The van der Waals surface area contributed by atoms with Gasteiger partial charge in [-0.1, -0.05) is 164 Å². The van der Waals surface area contributed by atoms with Crippen molar-refractivity contribution >= 4 is 22.7 Å². The van der Waals surface area contributed by atoms with Gasteiger partial charge < -0.3 is 10.6 Å². The second-order valence-electron chi connectivity index (χ2n) is 18.4. The number of nitrogens with one attached hydrogen (secondary N) is 2. The van der Waals surface area contributed by atoms with Crippen LogP contribution in [0.3, 0.4) is 0 Å². The van der Waals surface area contributed by atoms with Gasteiger partial charge in [0.2, 0.25) is 0 Å². The Balaban J connectivity index is 1.55. The van der Waals surface area contributed by atoms with Crippen molar-refractivity contribution in [2.75, 3.05) is 10.6 Å². The molecule has 0 atom stereocenters. The van der Waals surface area contributed by atoms with Gasteiger partial charge in [-0.15, -0.1) is 0 Å². The van der Waals surface area contributed by atoms with Gasteiger partial charge in [0.25, 0.3) is 0 Å². The predicted molar refractivity (Wildman–Crippen MR) is 260 cm³/mol. The second-order valence-corrected chi connectivity index (χ2v) is 18.4. The first kappa shape index (κ1) is 44.3. The fourth-order valence-corrected chi connectivity index (χ4v) is 10.3. The molecule has 0 unspecified atom stereocenters. The van der Waals surface area contributed by atoms with Crippen molar-refractivity contribution in [1.29, 1.82) is 0 Å². The van der Waals surface area contributed by atoms with Crippen molar-refractivity contribution in [3.8, 4) is 11.1 Å². The third-order valence-electron chi connectivity index (χ3n) is 13.2. The maximum Gasteiger partial charge on any atom is 0.0465 e. The SMILES string of the molecule is CCCCCCCCC1(c2cc(CCCCCC)cc(CCCCCC)c2)c2cc(Nc3c(C)cc(C)cc3C)ccc2-c2ccc(Nc3c(C)cc(C)cc3C)cc21. The van der Waals surface area contributed by atoms with Gasteiger partial charge in [0.1, 0.15) is 0 Å². The lowest BCUT2D eigenvalue weighted by molar-refractivity contribution is 0.505. The van der Waals surface area contributed by atoms with E-state index >= 15 is 0 Å². The molecule has 2 heteroatoms. The van der Waals surface area contributed by atoms with Crippen LogP contribution in [0, 0.1) is 41.5 Å². The lowest BCUT2D eigenvalue weighted by atomic mass is 9.68. The van der Waals surface area contributed by atoms with Crippen LogP contribution < -0.4 is 10.6 Å². The summed E-state index contributed by atoms with van der Waals surface area (Å²) in [5, 5.41) is 7.91. The Labute approximate surface area is 360 Å². The van der Waals surface area contributed by atoms with Gasteiger partial charge >= 0.3 is 0 Å². The first-order valence-corrected chi connectivity index (χ1v) is 23.7. The van der Waals surface area contributed by atoms with Crippen LogP contribution in [0.25, 0.3) is 11.1 Å². The molecular formula is C57H76N2. The molecule has 0 saturated heterocycles. The van der Waals surface area contributed by atoms with Crippen LogP contribution in [-0.2, 0) is 18.3 Å². The molecule has 2 N–H and O–H groups in total. The molecule has 5 aromatic rings. The van der Waals surface area contributed by atoms with Crippen LogP contribution in [0.4, 0.5) is 22.7 Å². The zero-order chi connectivity index (χ0) is 41.9. The predicted octanol–water partition coefficient (Wildman–Crippen LogP) is 17.3. The number of hydrogen-bond acceptors (Lipinski definition) is 2. The highest BCUT2D eigenvalue weighted by atomic mass is 14.9. The summed E-state index contributed by atoms with van der Waals surface area (Å²) >= 11 is 0. The molecule has 2 nitrogen and oxygen atoms in total. The third kappa shape index (κ3) is 10.5. The van der Waals surface area contributed by atoms with E-state index in [4.69, 9.17) is 0 Å². The van der Waals surface area contributed by atoms with E-state index in [2.05, 4.69) is 152 Å². The molecule has 0 aliphatic heterocycles. The molecule has 1 aliphatic carbocycles. The summed E-state index contributed by atoms with van der Waals surface area (Å²) < 4.78 is 0. The summed E-state index contributed by atoms with van der Waals surface area (Å²) in [4.78, 5) is 0. The monoisotopic (exact) mass is 789 g/mol. The first-order valence-electron chi connectivity index (χ1n) is 23.7. The molecule has 0 heterocycles. The summed E-state index contributed by atoms with van der Waals surface area (Å²) in [6.07, 6.45) is 21.5. The highest BCUT2D eigenvalue weighted by Crippen LogP contribution is 2.57. The van der Waals surface area contributed by atoms with Crippen LogP contribution >= 0.6 is 0 Å². The molecule has 59 heavy (non-hydrogen) atoms. The number of fused-ring (bicyclic) bond motifs is 3. The van der Waals surface area contributed by atoms with Crippen molar-refractivity contribution in [1.82, 2.24) is 0 Å². The molecule has 6 rings (SSSR count). The standard InChI is InChI=1S/C57H76N2/c1-10-13-16-19-20-23-30-57(48-36-46(24-21-17-14-11-2)35-47(37-48)25-22-18-15-12-3)53-38-49(58-55-42(6)31-40(4)32-43(55)7)26-28-51(53)52-29-27-50(39-54(52)57)59-56-44(8)33-41(5)34-45(56)9/h26-29,31-39,58-59H,10-25,30H2,1-9H3. The Morgan fingerprint density at radius 2 is 0.797 bits per heavy atom. The summed E-state index contributed by atoms with van der Waals surface area (Å²) in [6.45, 7) is 20.4. The Hall–Kier alpha value is -4.30. The largest absolute Gasteiger partial charge is 0.355 e. The average Bonchev–Trinajstić information content (AvgIpc) is 3.48. The average molecular weight is 789 g/mol. The van der Waals surface area contributed by atoms with Gasteiger partial charge in [0.05, 0.1) is 0 Å². The number of rotatable bonds is 22. The van der Waals surface area contributed by atoms with E-state index in [1.54, 1.807) is 0 Å². The van der Waals surface area contributed by atoms with E-state index in [0.717, 1.165) is 19.3 Å². The molecule has 0 amide bonds. The van der Waals surface area contributed by atoms with Crippen molar-refractivity contribution in [2.45, 2.75) is 177 Å². The van der Waals surface area contributed by atoms with Crippen molar-refractivity contribution in [2.24, 2.45) is 0 Å². The van der Waals surface area contributed by atoms with E-state index in [-0.39, 0.29) is 5.41 Å². The topological polar surface area (TPSA) is 24.1 Å². The zero-order valence-electron chi connectivity index (χ0n) is 38.5. The number of benzene rings is 5. The molecule has 0 fully saturated rings. The van der Waals surface area contributed by atoms with Crippen molar-refractivity contribution < 1.29 is 0 Å². The molecule has 0 aromatic heterocycles. The van der Waals surface area contributed by atoms with E-state index < -0.39 is 0 Å². The van der Waals surface area contributed by atoms with Gasteiger partial charge in [0, 0.05) is 28.2 Å². The highest BCUT2D eigenvalue weighted by molar-refractivity contribution is 5.88. The number of unbranched alkanes of at least 4 members (excludes halogenated alkanes) is 11. The van der Waals surface area contributed by atoms with Crippen LogP contribution in [0.15, 0.2) is 78.9 Å². The van der Waals surface area contributed by atoms with E-state index in [9.17, 15) is 0 Å². The zero-order valence-corrected chi connectivity index (χ0v) is 38.5. The lowest BCUT2D eigenvalue weighted by Gasteiger charge is -2.35. The van der Waals surface area contributed by atoms with Crippen molar-refractivity contribution in [3.63, 3.8) is 0 Å². The summed E-state index contributed by atoms with van der Waals surface area (Å²) in [5.41, 5.74) is 22.6. The molecule has 0 saturated carbocycles. The van der Waals surface area contributed by atoms with Crippen LogP contribution in [0.5, 0.6) is 0 Å². The molecule has 5 aromatic carbocycles. The fraction of sp³-hybridized carbons (Fsp3) is 0.474. The highest BCUT2D eigenvalue weighted by Gasteiger charge is 2.45. The van der Waals surface area contributed by atoms with E-state index in [0.29, 0.717) is 0 Å². The Kier molecular flexibility index (Phi) is 15.6. The quantitative estimate of drug-likeness (QED) is 0.0683. The second kappa shape index (κ2) is 20.8. The maximum atomic E-state index is 3.96. The number of anilines is 4. The Morgan fingerprint density at radius 1 is 0.407 bits per heavy atom. The van der Waals surface area contributed by atoms with E-state index in [1.165, 1.54) is 185 Å². The number of hydrogen-bond donors (Lipinski definition) is 2. The minimum absolute atomic E-state index is 0.267. The Bertz CT molecular complexity index is 1980. The molecule has 314 valence electrons. The van der Waals surface area contributed by atoms with Gasteiger partial charge in [-0.2, -0.15) is 0 Å². The summed E-state index contributed by atoms with van der Waals surface area (Å²) in [5.74, 6) is 0. The molecule has 0 spiro atoms. The summed E-state index contributed by atoms with van der Waals surface area (Å²) in [6, 6.07) is 31.7. The molecular weight excluding hydrogens is 713 g/mol. The van der Waals surface area contributed by atoms with Gasteiger partial charge in [-0.05, 0) is 159 Å². The maximum absolute atomic E-state index is 3.96. The third-order valence-corrected chi connectivity index (χ3v) is 13.2. The normalized spacial score (nSPS) is 12.8. The van der Waals surface area contributed by atoms with Gasteiger partial charge in [-0.25, -0.2) is 0 Å². The minimum atomic E-state index is -0.267. The fourth-order valence-electron chi connectivity index (χ4n) is 10.3. The van der Waals surface area contributed by atoms with Crippen molar-refractivity contribution in [3.05, 3.63) is 140 Å². The van der Waals surface area contributed by atoms with Crippen LogP contribution in [-0.4, -0.2) is 0 Å². The Morgan fingerprint density at radius 3 is 1.22 bits per heavy atom.